The van der Waals surface area contributed by atoms with Gasteiger partial charge in [-0.3, -0.25) is 9.48 Å². The molecular weight excluding hydrogens is 408 g/mol. The Hall–Kier alpha value is -3.01. The van der Waals surface area contributed by atoms with E-state index in [1.165, 1.54) is 17.9 Å². The predicted octanol–water partition coefficient (Wildman–Crippen LogP) is 2.14. The molecule has 4 rings (SSSR count). The van der Waals surface area contributed by atoms with Crippen LogP contribution in [-0.4, -0.2) is 62.9 Å². The molecule has 0 saturated heterocycles. The van der Waals surface area contributed by atoms with Crippen molar-refractivity contribution in [1.82, 2.24) is 19.6 Å². The van der Waals surface area contributed by atoms with Crippen molar-refractivity contribution in [2.75, 3.05) is 25.5 Å². The van der Waals surface area contributed by atoms with Crippen LogP contribution < -0.4 is 5.32 Å². The molecule has 0 fully saturated rings. The van der Waals surface area contributed by atoms with Crippen LogP contribution in [0.15, 0.2) is 12.1 Å². The van der Waals surface area contributed by atoms with Crippen LogP contribution in [0.3, 0.4) is 0 Å². The molecule has 0 bridgehead atoms. The van der Waals surface area contributed by atoms with Crippen molar-refractivity contribution in [2.45, 2.75) is 39.4 Å². The zero-order chi connectivity index (χ0) is 22.4. The lowest BCUT2D eigenvalue weighted by atomic mass is 9.99. The maximum atomic E-state index is 14.1. The molecule has 2 unspecified atom stereocenters. The molecule has 3 heterocycles. The number of hydrogen-bond acceptors (Lipinski definition) is 4. The fourth-order valence-corrected chi connectivity index (χ4v) is 4.25. The number of aryl methyl sites for hydroxylation is 1. The van der Waals surface area contributed by atoms with Gasteiger partial charge in [-0.05, 0) is 25.5 Å². The molecule has 2 aliphatic heterocycles. The number of carbonyl (C=O) groups is 2. The minimum Gasteiger partial charge on any atom is -0.396 e. The molecule has 31 heavy (non-hydrogen) atoms. The molecule has 0 radical (unpaired) electrons. The van der Waals surface area contributed by atoms with Gasteiger partial charge in [-0.1, -0.05) is 0 Å². The van der Waals surface area contributed by atoms with Gasteiger partial charge < -0.3 is 20.2 Å². The number of aliphatic hydroxyl groups excluding tert-OH is 1. The van der Waals surface area contributed by atoms with Gasteiger partial charge in [-0.15, -0.1) is 0 Å². The number of anilines is 1. The SMILES string of the molecule is Cc1cc(NC(=O)N2Cc3c(nn4c3C(=O)N(C)CC(CO)C4)CC2C)c(F)cc1F. The van der Waals surface area contributed by atoms with Gasteiger partial charge in [0.25, 0.3) is 5.91 Å². The van der Waals surface area contributed by atoms with E-state index in [0.29, 0.717) is 30.8 Å². The summed E-state index contributed by atoms with van der Waals surface area (Å²) in [6.07, 6.45) is 0.439. The third-order valence-corrected chi connectivity index (χ3v) is 6.00. The summed E-state index contributed by atoms with van der Waals surface area (Å²) in [5, 5.41) is 16.7. The van der Waals surface area contributed by atoms with Crippen molar-refractivity contribution in [1.29, 1.82) is 0 Å². The minimum absolute atomic E-state index is 0.0603. The minimum atomic E-state index is -0.854. The van der Waals surface area contributed by atoms with Gasteiger partial charge in [0.15, 0.2) is 0 Å². The summed E-state index contributed by atoms with van der Waals surface area (Å²) in [4.78, 5) is 29.0. The fourth-order valence-electron chi connectivity index (χ4n) is 4.25. The lowest BCUT2D eigenvalue weighted by Gasteiger charge is -2.33. The van der Waals surface area contributed by atoms with Crippen molar-refractivity contribution < 1.29 is 23.5 Å². The van der Waals surface area contributed by atoms with Crippen LogP contribution in [0.1, 0.15) is 34.2 Å². The van der Waals surface area contributed by atoms with E-state index < -0.39 is 17.7 Å². The predicted molar refractivity (Wildman–Crippen MR) is 109 cm³/mol. The number of urea groups is 1. The normalized spacial score (nSPS) is 20.9. The first-order valence-corrected chi connectivity index (χ1v) is 10.2. The van der Waals surface area contributed by atoms with Crippen molar-refractivity contribution in [3.63, 3.8) is 0 Å². The van der Waals surface area contributed by atoms with E-state index in [2.05, 4.69) is 10.4 Å². The van der Waals surface area contributed by atoms with Gasteiger partial charge in [0.2, 0.25) is 0 Å². The second-order valence-corrected chi connectivity index (χ2v) is 8.38. The van der Waals surface area contributed by atoms with E-state index in [0.717, 1.165) is 11.8 Å². The number of carbonyl (C=O) groups excluding carboxylic acids is 2. The summed E-state index contributed by atoms with van der Waals surface area (Å²) in [5.41, 5.74) is 1.95. The number of aliphatic hydroxyl groups is 1. The Morgan fingerprint density at radius 2 is 2.03 bits per heavy atom. The molecule has 1 aromatic carbocycles. The number of hydrogen-bond donors (Lipinski definition) is 2. The third-order valence-electron chi connectivity index (χ3n) is 6.00. The van der Waals surface area contributed by atoms with E-state index >= 15 is 0 Å². The number of nitrogens with zero attached hydrogens (tertiary/aromatic N) is 4. The second-order valence-electron chi connectivity index (χ2n) is 8.38. The number of aromatic nitrogens is 2. The molecule has 2 aromatic rings. The van der Waals surface area contributed by atoms with Crippen molar-refractivity contribution in [3.05, 3.63) is 46.3 Å². The van der Waals surface area contributed by atoms with Gasteiger partial charge in [0.05, 0.1) is 17.9 Å². The lowest BCUT2D eigenvalue weighted by Crippen LogP contribution is -2.45. The van der Waals surface area contributed by atoms with Crippen molar-refractivity contribution in [3.8, 4) is 0 Å². The molecular formula is C21H25F2N5O3. The fraction of sp³-hybridized carbons (Fsp3) is 0.476. The average Bonchev–Trinajstić information content (AvgIpc) is 3.00. The van der Waals surface area contributed by atoms with Crippen LogP contribution in [0, 0.1) is 24.5 Å². The first-order valence-electron chi connectivity index (χ1n) is 10.2. The highest BCUT2D eigenvalue weighted by Crippen LogP contribution is 2.30. The molecule has 2 atom stereocenters. The number of halogens is 2. The van der Waals surface area contributed by atoms with Crippen LogP contribution in [0.2, 0.25) is 0 Å². The van der Waals surface area contributed by atoms with Crippen molar-refractivity contribution >= 4 is 17.6 Å². The first kappa shape index (κ1) is 21.2. The molecule has 2 aliphatic rings. The third kappa shape index (κ3) is 3.76. The number of benzene rings is 1. The van der Waals surface area contributed by atoms with Crippen LogP contribution in [0.5, 0.6) is 0 Å². The largest absolute Gasteiger partial charge is 0.396 e. The maximum Gasteiger partial charge on any atom is 0.322 e. The van der Waals surface area contributed by atoms with Gasteiger partial charge in [0, 0.05) is 56.8 Å². The summed E-state index contributed by atoms with van der Waals surface area (Å²) in [5.74, 6) is -1.87. The zero-order valence-corrected chi connectivity index (χ0v) is 17.7. The number of fused-ring (bicyclic) bond motifs is 3. The molecule has 0 aliphatic carbocycles. The Balaban J connectivity index is 1.63. The maximum absolute atomic E-state index is 14.1. The first-order chi connectivity index (χ1) is 14.7. The van der Waals surface area contributed by atoms with E-state index in [1.807, 2.05) is 6.92 Å². The van der Waals surface area contributed by atoms with Gasteiger partial charge in [-0.25, -0.2) is 13.6 Å². The number of nitrogens with one attached hydrogen (secondary N) is 1. The van der Waals surface area contributed by atoms with E-state index in [9.17, 15) is 23.5 Å². The zero-order valence-electron chi connectivity index (χ0n) is 17.7. The summed E-state index contributed by atoms with van der Waals surface area (Å²) < 4.78 is 29.3. The molecule has 2 N–H and O–H groups in total. The second kappa shape index (κ2) is 7.92. The number of amides is 3. The summed E-state index contributed by atoms with van der Waals surface area (Å²) in [6.45, 7) is 4.25. The Labute approximate surface area is 178 Å². The smallest absolute Gasteiger partial charge is 0.322 e. The molecule has 10 heteroatoms. The molecule has 1 aromatic heterocycles. The van der Waals surface area contributed by atoms with Crippen LogP contribution in [0.25, 0.3) is 0 Å². The van der Waals surface area contributed by atoms with Crippen molar-refractivity contribution in [2.24, 2.45) is 5.92 Å². The van der Waals surface area contributed by atoms with Crippen LogP contribution >= 0.6 is 0 Å². The highest BCUT2D eigenvalue weighted by Gasteiger charge is 2.37. The van der Waals surface area contributed by atoms with Crippen LogP contribution in [-0.2, 0) is 19.5 Å². The quantitative estimate of drug-likeness (QED) is 0.759. The summed E-state index contributed by atoms with van der Waals surface area (Å²) >= 11 is 0. The van der Waals surface area contributed by atoms with Gasteiger partial charge in [0.1, 0.15) is 17.3 Å². The lowest BCUT2D eigenvalue weighted by molar-refractivity contribution is 0.0761. The standard InChI is InChI=1S/C21H25F2N5O3/c1-11-4-18(16(23)6-15(11)22)24-21(31)27-9-14-17(5-12(27)2)25-28-8-13(10-29)7-26(3)20(30)19(14)28/h4,6,12-13,29H,5,7-10H2,1-3H3,(H,24,31). The van der Waals surface area contributed by atoms with Crippen LogP contribution in [0.4, 0.5) is 19.3 Å². The monoisotopic (exact) mass is 433 g/mol. The molecule has 0 spiro atoms. The summed E-state index contributed by atoms with van der Waals surface area (Å²) in [7, 11) is 1.68. The highest BCUT2D eigenvalue weighted by molar-refractivity contribution is 5.95. The molecule has 166 valence electrons. The van der Waals surface area contributed by atoms with Gasteiger partial charge in [-0.2, -0.15) is 5.10 Å². The van der Waals surface area contributed by atoms with Gasteiger partial charge >= 0.3 is 6.03 Å². The molecule has 8 nitrogen and oxygen atoms in total. The highest BCUT2D eigenvalue weighted by atomic mass is 19.1. The molecule has 0 saturated carbocycles. The number of rotatable bonds is 2. The van der Waals surface area contributed by atoms with E-state index in [-0.39, 0.29) is 42.3 Å². The van der Waals surface area contributed by atoms with E-state index in [4.69, 9.17) is 0 Å². The Bertz CT molecular complexity index is 1050. The summed E-state index contributed by atoms with van der Waals surface area (Å²) in [6, 6.07) is 1.22. The Morgan fingerprint density at radius 3 is 2.74 bits per heavy atom. The topological polar surface area (TPSA) is 90.7 Å². The Kier molecular flexibility index (Phi) is 5.42. The van der Waals surface area contributed by atoms with E-state index in [1.54, 1.807) is 16.6 Å². The Morgan fingerprint density at radius 1 is 1.29 bits per heavy atom. The average molecular weight is 433 g/mol. The molecule has 3 amide bonds.